The summed E-state index contributed by atoms with van der Waals surface area (Å²) in [6, 6.07) is 19.6. The highest BCUT2D eigenvalue weighted by molar-refractivity contribution is 6.83. The summed E-state index contributed by atoms with van der Waals surface area (Å²) >= 11 is 0. The zero-order chi connectivity index (χ0) is 18.4. The molecule has 2 aromatic carbocycles. The van der Waals surface area contributed by atoms with Crippen LogP contribution in [-0.4, -0.2) is 14.0 Å². The van der Waals surface area contributed by atoms with E-state index < -0.39 is 0 Å². The van der Waals surface area contributed by atoms with Crippen LogP contribution in [0, 0.1) is 20.8 Å². The van der Waals surface area contributed by atoms with Gasteiger partial charge >= 0.3 is 6.98 Å². The van der Waals surface area contributed by atoms with Crippen LogP contribution in [0.3, 0.4) is 0 Å². The molecule has 0 radical (unpaired) electrons. The van der Waals surface area contributed by atoms with Crippen molar-refractivity contribution in [1.29, 1.82) is 0 Å². The van der Waals surface area contributed by atoms with Crippen molar-refractivity contribution < 1.29 is 4.57 Å². The molecule has 0 N–H and O–H groups in total. The molecule has 0 amide bonds. The van der Waals surface area contributed by atoms with E-state index in [0.717, 1.165) is 0 Å². The molecule has 0 bridgehead atoms. The first-order valence-corrected chi connectivity index (χ1v) is 9.13. The Balaban J connectivity index is 2.02. The minimum Gasteiger partial charge on any atom is -0.366 e. The van der Waals surface area contributed by atoms with Gasteiger partial charge in [-0.1, -0.05) is 36.4 Å². The van der Waals surface area contributed by atoms with Crippen LogP contribution in [0.5, 0.6) is 0 Å². The van der Waals surface area contributed by atoms with E-state index in [1.807, 2.05) is 0 Å². The largest absolute Gasteiger partial charge is 0.538 e. The molecule has 0 saturated heterocycles. The molecule has 0 unspecified atom stereocenters. The summed E-state index contributed by atoms with van der Waals surface area (Å²) in [5, 5.41) is 0. The van der Waals surface area contributed by atoms with Gasteiger partial charge in [-0.25, -0.2) is 4.57 Å². The molecule has 130 valence electrons. The van der Waals surface area contributed by atoms with E-state index in [1.54, 1.807) is 0 Å². The summed E-state index contributed by atoms with van der Waals surface area (Å²) in [4.78, 5) is 4.89. The standard InChI is InChI=1S/C22H25BN3/c1-16-10-6-7-13-19(16)26-22-20(14-9-15-24(22)4)25(5)23(26)21-17(2)11-8-12-18(21)3/h6-15H,1-5H3/q+1. The van der Waals surface area contributed by atoms with Crippen molar-refractivity contribution in [2.45, 2.75) is 20.8 Å². The van der Waals surface area contributed by atoms with Gasteiger partial charge in [0, 0.05) is 5.46 Å². The fraction of sp³-hybridized carbons (Fsp3) is 0.227. The number of hydrogen-bond donors (Lipinski definition) is 0. The van der Waals surface area contributed by atoms with Crippen molar-refractivity contribution in [2.75, 3.05) is 16.7 Å². The summed E-state index contributed by atoms with van der Waals surface area (Å²) in [5.74, 6) is 1.23. The Morgan fingerprint density at radius 2 is 1.38 bits per heavy atom. The first-order valence-electron chi connectivity index (χ1n) is 9.13. The fourth-order valence-corrected chi connectivity index (χ4v) is 4.22. The molecule has 4 rings (SSSR count). The van der Waals surface area contributed by atoms with E-state index in [4.69, 9.17) is 0 Å². The number of pyridine rings is 1. The number of aromatic nitrogens is 1. The highest BCUT2D eigenvalue weighted by Crippen LogP contribution is 2.40. The maximum absolute atomic E-state index is 2.49. The Bertz CT molecular complexity index is 963. The van der Waals surface area contributed by atoms with Crippen molar-refractivity contribution in [2.24, 2.45) is 7.05 Å². The van der Waals surface area contributed by atoms with Crippen LogP contribution in [0.1, 0.15) is 16.7 Å². The van der Waals surface area contributed by atoms with Gasteiger partial charge in [0.25, 0.3) is 5.82 Å². The summed E-state index contributed by atoms with van der Waals surface area (Å²) in [6.45, 7) is 6.77. The molecule has 0 fully saturated rings. The zero-order valence-electron chi connectivity index (χ0n) is 16.2. The van der Waals surface area contributed by atoms with Crippen molar-refractivity contribution >= 4 is 29.6 Å². The molecule has 0 saturated carbocycles. The van der Waals surface area contributed by atoms with Crippen LogP contribution < -0.4 is 19.7 Å². The molecule has 3 aromatic rings. The summed E-state index contributed by atoms with van der Waals surface area (Å²) in [6.07, 6.45) is 2.13. The highest BCUT2D eigenvalue weighted by Gasteiger charge is 2.51. The Hall–Kier alpha value is -2.75. The van der Waals surface area contributed by atoms with Gasteiger partial charge in [0.1, 0.15) is 11.4 Å². The van der Waals surface area contributed by atoms with Gasteiger partial charge in [-0.15, -0.1) is 0 Å². The molecule has 2 heterocycles. The molecule has 3 nitrogen and oxygen atoms in total. The monoisotopic (exact) mass is 342 g/mol. The minimum atomic E-state index is 0.140. The predicted octanol–water partition coefficient (Wildman–Crippen LogP) is 3.42. The Labute approximate surface area is 156 Å². The molecule has 4 heteroatoms. The van der Waals surface area contributed by atoms with Gasteiger partial charge in [0.2, 0.25) is 0 Å². The van der Waals surface area contributed by atoms with Crippen molar-refractivity contribution in [3.8, 4) is 0 Å². The van der Waals surface area contributed by atoms with Crippen LogP contribution in [0.2, 0.25) is 0 Å². The van der Waals surface area contributed by atoms with Gasteiger partial charge in [-0.05, 0) is 62.7 Å². The smallest absolute Gasteiger partial charge is 0.366 e. The van der Waals surface area contributed by atoms with E-state index in [0.29, 0.717) is 0 Å². The topological polar surface area (TPSA) is 10.4 Å². The maximum atomic E-state index is 2.49. The zero-order valence-corrected chi connectivity index (χ0v) is 16.2. The maximum Gasteiger partial charge on any atom is 0.538 e. The lowest BCUT2D eigenvalue weighted by molar-refractivity contribution is -0.657. The lowest BCUT2D eigenvalue weighted by atomic mass is 9.61. The molecule has 1 aliphatic heterocycles. The van der Waals surface area contributed by atoms with E-state index >= 15 is 0 Å². The number of benzene rings is 2. The number of hydrogen-bond acceptors (Lipinski definition) is 2. The Kier molecular flexibility index (Phi) is 3.99. The number of anilines is 3. The second-order valence-corrected chi connectivity index (χ2v) is 7.27. The highest BCUT2D eigenvalue weighted by atomic mass is 15.3. The van der Waals surface area contributed by atoms with Crippen molar-refractivity contribution in [3.63, 3.8) is 0 Å². The number of rotatable bonds is 2. The lowest BCUT2D eigenvalue weighted by Gasteiger charge is -2.24. The second-order valence-electron chi connectivity index (χ2n) is 7.27. The van der Waals surface area contributed by atoms with E-state index in [-0.39, 0.29) is 6.98 Å². The van der Waals surface area contributed by atoms with Gasteiger partial charge in [0.05, 0.1) is 13.2 Å². The fourth-order valence-electron chi connectivity index (χ4n) is 4.22. The molecule has 0 spiro atoms. The van der Waals surface area contributed by atoms with E-state index in [9.17, 15) is 0 Å². The third kappa shape index (κ3) is 2.40. The van der Waals surface area contributed by atoms with Crippen molar-refractivity contribution in [1.82, 2.24) is 0 Å². The van der Waals surface area contributed by atoms with Crippen LogP contribution >= 0.6 is 0 Å². The van der Waals surface area contributed by atoms with Crippen molar-refractivity contribution in [3.05, 3.63) is 77.5 Å². The van der Waals surface area contributed by atoms with Gasteiger partial charge in [-0.3, -0.25) is 4.81 Å². The lowest BCUT2D eigenvalue weighted by Crippen LogP contribution is -2.56. The first-order chi connectivity index (χ1) is 12.5. The van der Waals surface area contributed by atoms with Crippen LogP contribution in [0.25, 0.3) is 0 Å². The number of para-hydroxylation sites is 1. The van der Waals surface area contributed by atoms with Gasteiger partial charge < -0.3 is 4.81 Å². The molecule has 0 aliphatic carbocycles. The summed E-state index contributed by atoms with van der Waals surface area (Å²) in [5.41, 5.74) is 7.84. The molecular weight excluding hydrogens is 317 g/mol. The van der Waals surface area contributed by atoms with Crippen LogP contribution in [-0.2, 0) is 7.05 Å². The number of nitrogens with zero attached hydrogens (tertiary/aromatic N) is 3. The second kappa shape index (κ2) is 6.20. The Morgan fingerprint density at radius 1 is 0.769 bits per heavy atom. The van der Waals surface area contributed by atoms with E-state index in [1.165, 1.54) is 39.3 Å². The van der Waals surface area contributed by atoms with Gasteiger partial charge in [0.15, 0.2) is 0 Å². The first kappa shape index (κ1) is 16.7. The van der Waals surface area contributed by atoms with E-state index in [2.05, 4.69) is 110 Å². The van der Waals surface area contributed by atoms with Crippen LogP contribution in [0.15, 0.2) is 60.8 Å². The molecule has 1 aromatic heterocycles. The number of aryl methyl sites for hydroxylation is 4. The quantitative estimate of drug-likeness (QED) is 0.522. The molecular formula is C22H25BN3+. The minimum absolute atomic E-state index is 0.140. The third-order valence-electron chi connectivity index (χ3n) is 5.52. The molecule has 1 aliphatic rings. The Morgan fingerprint density at radius 3 is 2.08 bits per heavy atom. The van der Waals surface area contributed by atoms with Gasteiger partial charge in [-0.2, -0.15) is 0 Å². The summed E-state index contributed by atoms with van der Waals surface area (Å²) < 4.78 is 2.23. The average molecular weight is 342 g/mol. The average Bonchev–Trinajstić information content (AvgIpc) is 2.90. The molecule has 26 heavy (non-hydrogen) atoms. The third-order valence-corrected chi connectivity index (χ3v) is 5.52. The number of fused-ring (bicyclic) bond motifs is 1. The normalized spacial score (nSPS) is 13.3. The van der Waals surface area contributed by atoms with Crippen LogP contribution in [0.4, 0.5) is 17.2 Å². The predicted molar refractivity (Wildman–Crippen MR) is 111 cm³/mol. The SMILES string of the molecule is Cc1ccccc1N1B(c2c(C)cccc2C)N(C)c2ccc[n+](C)c21. The summed E-state index contributed by atoms with van der Waals surface area (Å²) in [7, 11) is 4.33. The molecule has 0 atom stereocenters.